The molecule has 1 saturated heterocycles. The largest absolute Gasteiger partial charge is 0.468 e. The molecule has 6 heteroatoms. The van der Waals surface area contributed by atoms with E-state index < -0.39 is 0 Å². The predicted molar refractivity (Wildman–Crippen MR) is 95.4 cm³/mol. The Labute approximate surface area is 151 Å². The predicted octanol–water partition coefficient (Wildman–Crippen LogP) is 4.08. The van der Waals surface area contributed by atoms with Crippen molar-refractivity contribution in [2.75, 3.05) is 19.6 Å². The van der Waals surface area contributed by atoms with Crippen LogP contribution in [0.3, 0.4) is 0 Å². The van der Waals surface area contributed by atoms with Gasteiger partial charge >= 0.3 is 0 Å². The topological polar surface area (TPSA) is 45.5 Å². The molecular formula is C18H20Cl2N2O2. The van der Waals surface area contributed by atoms with Gasteiger partial charge in [-0.3, -0.25) is 9.69 Å². The first-order chi connectivity index (χ1) is 11.6. The smallest absolute Gasteiger partial charge is 0.224 e. The van der Waals surface area contributed by atoms with Gasteiger partial charge in [-0.05, 0) is 55.8 Å². The lowest BCUT2D eigenvalue weighted by Gasteiger charge is -2.26. The Kier molecular flexibility index (Phi) is 5.82. The van der Waals surface area contributed by atoms with Gasteiger partial charge in [-0.2, -0.15) is 0 Å². The molecule has 1 aliphatic heterocycles. The van der Waals surface area contributed by atoms with E-state index in [2.05, 4.69) is 10.2 Å². The minimum Gasteiger partial charge on any atom is -0.468 e. The number of amides is 1. The van der Waals surface area contributed by atoms with Crippen molar-refractivity contribution in [3.63, 3.8) is 0 Å². The second-order valence-electron chi connectivity index (χ2n) is 6.00. The van der Waals surface area contributed by atoms with Crippen molar-refractivity contribution < 1.29 is 9.21 Å². The minimum atomic E-state index is -0.0378. The summed E-state index contributed by atoms with van der Waals surface area (Å²) in [6.07, 6.45) is 4.33. The molecule has 4 nitrogen and oxygen atoms in total. The van der Waals surface area contributed by atoms with Gasteiger partial charge in [0.05, 0.1) is 28.8 Å². The van der Waals surface area contributed by atoms with E-state index in [9.17, 15) is 4.79 Å². The Morgan fingerprint density at radius 3 is 2.67 bits per heavy atom. The number of hydrogen-bond acceptors (Lipinski definition) is 3. The molecule has 1 atom stereocenters. The highest BCUT2D eigenvalue weighted by atomic mass is 35.5. The number of nitrogens with one attached hydrogen (secondary N) is 1. The molecule has 1 aliphatic rings. The van der Waals surface area contributed by atoms with Crippen LogP contribution in [0.2, 0.25) is 10.0 Å². The van der Waals surface area contributed by atoms with Crippen LogP contribution in [0.1, 0.15) is 30.2 Å². The van der Waals surface area contributed by atoms with Crippen molar-refractivity contribution in [1.29, 1.82) is 0 Å². The molecule has 1 fully saturated rings. The zero-order valence-electron chi connectivity index (χ0n) is 13.3. The Bertz CT molecular complexity index is 682. The van der Waals surface area contributed by atoms with Crippen molar-refractivity contribution in [2.45, 2.75) is 25.3 Å². The first kappa shape index (κ1) is 17.3. The molecule has 0 unspecified atom stereocenters. The van der Waals surface area contributed by atoms with Crippen LogP contribution in [0.25, 0.3) is 0 Å². The fourth-order valence-electron chi connectivity index (χ4n) is 3.05. The van der Waals surface area contributed by atoms with Crippen molar-refractivity contribution in [2.24, 2.45) is 0 Å². The zero-order chi connectivity index (χ0) is 16.9. The summed E-state index contributed by atoms with van der Waals surface area (Å²) >= 11 is 11.9. The first-order valence-corrected chi connectivity index (χ1v) is 8.87. The van der Waals surface area contributed by atoms with Gasteiger partial charge in [0.1, 0.15) is 5.76 Å². The van der Waals surface area contributed by atoms with Gasteiger partial charge in [-0.15, -0.1) is 0 Å². The zero-order valence-corrected chi connectivity index (χ0v) is 14.8. The summed E-state index contributed by atoms with van der Waals surface area (Å²) in [7, 11) is 0. The molecule has 0 saturated carbocycles. The maximum atomic E-state index is 12.3. The highest BCUT2D eigenvalue weighted by Crippen LogP contribution is 2.25. The molecule has 3 rings (SSSR count). The lowest BCUT2D eigenvalue weighted by molar-refractivity contribution is -0.120. The standard InChI is InChI=1S/C18H20Cl2N2O2/c19-14-6-5-13(10-15(14)20)11-18(23)21-12-16(17-4-3-9-24-17)22-7-1-2-8-22/h3-6,9-10,16H,1-2,7-8,11-12H2,(H,21,23)/t16-/m1/s1. The van der Waals surface area contributed by atoms with E-state index in [1.807, 2.05) is 18.2 Å². The monoisotopic (exact) mass is 366 g/mol. The van der Waals surface area contributed by atoms with Crippen LogP contribution >= 0.6 is 23.2 Å². The fraction of sp³-hybridized carbons (Fsp3) is 0.389. The molecule has 2 heterocycles. The molecule has 128 valence electrons. The normalized spacial score (nSPS) is 16.2. The molecule has 1 amide bonds. The van der Waals surface area contributed by atoms with E-state index in [0.29, 0.717) is 16.6 Å². The quantitative estimate of drug-likeness (QED) is 0.837. The summed E-state index contributed by atoms with van der Waals surface area (Å²) in [6.45, 7) is 2.61. The van der Waals surface area contributed by atoms with Crippen LogP contribution in [0.15, 0.2) is 41.0 Å². The van der Waals surface area contributed by atoms with E-state index >= 15 is 0 Å². The molecule has 1 N–H and O–H groups in total. The minimum absolute atomic E-state index is 0.0378. The van der Waals surface area contributed by atoms with Crippen molar-refractivity contribution in [3.05, 3.63) is 58.0 Å². The highest BCUT2D eigenvalue weighted by Gasteiger charge is 2.25. The summed E-state index contributed by atoms with van der Waals surface area (Å²) in [4.78, 5) is 14.6. The van der Waals surface area contributed by atoms with E-state index in [-0.39, 0.29) is 18.4 Å². The molecule has 0 spiro atoms. The second-order valence-corrected chi connectivity index (χ2v) is 6.82. The third kappa shape index (κ3) is 4.32. The SMILES string of the molecule is O=C(Cc1ccc(Cl)c(Cl)c1)NC[C@H](c1ccco1)N1CCCC1. The molecule has 0 aliphatic carbocycles. The molecule has 1 aromatic heterocycles. The number of benzene rings is 1. The number of carbonyl (C=O) groups excluding carboxylic acids is 1. The summed E-state index contributed by atoms with van der Waals surface area (Å²) in [6, 6.07) is 9.19. The van der Waals surface area contributed by atoms with Crippen LogP contribution in [0.5, 0.6) is 0 Å². The first-order valence-electron chi connectivity index (χ1n) is 8.11. The van der Waals surface area contributed by atoms with Crippen molar-refractivity contribution in [1.82, 2.24) is 10.2 Å². The van der Waals surface area contributed by atoms with Gasteiger partial charge in [0.15, 0.2) is 0 Å². The van der Waals surface area contributed by atoms with Gasteiger partial charge in [-0.1, -0.05) is 29.3 Å². The lowest BCUT2D eigenvalue weighted by Crippen LogP contribution is -2.37. The van der Waals surface area contributed by atoms with E-state index in [4.69, 9.17) is 27.6 Å². The Hall–Kier alpha value is -1.49. The number of likely N-dealkylation sites (tertiary alicyclic amines) is 1. The number of furan rings is 1. The van der Waals surface area contributed by atoms with Gasteiger partial charge in [-0.25, -0.2) is 0 Å². The van der Waals surface area contributed by atoms with Crippen molar-refractivity contribution >= 4 is 29.1 Å². The Morgan fingerprint density at radius 2 is 2.00 bits per heavy atom. The van der Waals surface area contributed by atoms with Crippen LogP contribution in [0, 0.1) is 0 Å². The Balaban J connectivity index is 1.59. The molecule has 0 radical (unpaired) electrons. The van der Waals surface area contributed by atoms with Crippen LogP contribution in [-0.2, 0) is 11.2 Å². The molecule has 1 aromatic carbocycles. The second kappa shape index (κ2) is 8.06. The Morgan fingerprint density at radius 1 is 1.21 bits per heavy atom. The lowest BCUT2D eigenvalue weighted by atomic mass is 10.1. The average Bonchev–Trinajstić information content (AvgIpc) is 3.25. The number of carbonyl (C=O) groups is 1. The van der Waals surface area contributed by atoms with Crippen LogP contribution in [0.4, 0.5) is 0 Å². The van der Waals surface area contributed by atoms with E-state index in [1.54, 1.807) is 18.4 Å². The van der Waals surface area contributed by atoms with Crippen molar-refractivity contribution in [3.8, 4) is 0 Å². The van der Waals surface area contributed by atoms with Gasteiger partial charge < -0.3 is 9.73 Å². The summed E-state index contributed by atoms with van der Waals surface area (Å²) < 4.78 is 5.56. The molecular weight excluding hydrogens is 347 g/mol. The number of nitrogens with zero attached hydrogens (tertiary/aromatic N) is 1. The molecule has 0 bridgehead atoms. The number of halogens is 2. The molecule has 2 aromatic rings. The summed E-state index contributed by atoms with van der Waals surface area (Å²) in [5.41, 5.74) is 0.845. The number of hydrogen-bond donors (Lipinski definition) is 1. The maximum Gasteiger partial charge on any atom is 0.224 e. The maximum absolute atomic E-state index is 12.3. The summed E-state index contributed by atoms with van der Waals surface area (Å²) in [5.74, 6) is 0.857. The van der Waals surface area contributed by atoms with Gasteiger partial charge in [0, 0.05) is 6.54 Å². The van der Waals surface area contributed by atoms with E-state index in [1.165, 1.54) is 12.8 Å². The van der Waals surface area contributed by atoms with Crippen LogP contribution < -0.4 is 5.32 Å². The third-order valence-corrected chi connectivity index (χ3v) is 5.03. The summed E-state index contributed by atoms with van der Waals surface area (Å²) in [5, 5.41) is 3.97. The third-order valence-electron chi connectivity index (χ3n) is 4.29. The van der Waals surface area contributed by atoms with Gasteiger partial charge in [0.25, 0.3) is 0 Å². The fourth-order valence-corrected chi connectivity index (χ4v) is 3.37. The van der Waals surface area contributed by atoms with Gasteiger partial charge in [0.2, 0.25) is 5.91 Å². The van der Waals surface area contributed by atoms with Crippen LogP contribution in [-0.4, -0.2) is 30.4 Å². The average molecular weight is 367 g/mol. The molecule has 24 heavy (non-hydrogen) atoms. The van der Waals surface area contributed by atoms with E-state index in [0.717, 1.165) is 24.4 Å². The highest BCUT2D eigenvalue weighted by molar-refractivity contribution is 6.42. The number of rotatable bonds is 6.